The van der Waals surface area contributed by atoms with E-state index < -0.39 is 37.1 Å². The van der Waals surface area contributed by atoms with E-state index in [1.54, 1.807) is 0 Å². The molecule has 0 aromatic rings. The Morgan fingerprint density at radius 1 is 0.872 bits per heavy atom. The first-order valence-corrected chi connectivity index (χ1v) is 16.1. The van der Waals surface area contributed by atoms with Gasteiger partial charge in [0, 0.05) is 6.42 Å². The van der Waals surface area contributed by atoms with E-state index in [9.17, 15) is 25.5 Å². The molecule has 1 heterocycles. The Balaban J connectivity index is 1.32. The second kappa shape index (κ2) is 11.2. The maximum absolute atomic E-state index is 11.6. The Kier molecular flexibility index (Phi) is 8.57. The van der Waals surface area contributed by atoms with Crippen LogP contribution in [-0.4, -0.2) is 62.7 Å². The molecule has 5 aliphatic rings. The van der Waals surface area contributed by atoms with Gasteiger partial charge in [0.1, 0.15) is 24.4 Å². The standard InChI is InChI=1S/C33H56O6/c1-18(2)7-6-8-19(3)22-9-10-23-21-16-26(35)25-15-20(31-30(38)29(37)28(36)27(17-34)39-31)11-13-33(25,5)24(21)12-14-32(22,23)4/h18-24,27-31,34-38H,6-17H2,1-5H3/t19-,20?,21+,22-,23+,24+,27-,28-,29+,30-,31?,32-,33-/m1/s1. The molecule has 13 atom stereocenters. The van der Waals surface area contributed by atoms with Crippen LogP contribution in [0.15, 0.2) is 11.3 Å². The molecule has 4 aliphatic carbocycles. The van der Waals surface area contributed by atoms with Gasteiger partial charge in [0.2, 0.25) is 0 Å². The minimum Gasteiger partial charge on any atom is -0.512 e. The summed E-state index contributed by atoms with van der Waals surface area (Å²) < 4.78 is 5.96. The summed E-state index contributed by atoms with van der Waals surface area (Å²) in [4.78, 5) is 0. The molecule has 0 spiro atoms. The highest BCUT2D eigenvalue weighted by molar-refractivity contribution is 5.28. The van der Waals surface area contributed by atoms with Crippen LogP contribution in [-0.2, 0) is 4.74 Å². The minimum absolute atomic E-state index is 0.0417. The van der Waals surface area contributed by atoms with Gasteiger partial charge in [0.15, 0.2) is 0 Å². The molecule has 2 unspecified atom stereocenters. The number of aliphatic hydroxyl groups excluding tert-OH is 5. The third-order valence-corrected chi connectivity index (χ3v) is 12.8. The van der Waals surface area contributed by atoms with E-state index in [2.05, 4.69) is 34.6 Å². The zero-order valence-corrected chi connectivity index (χ0v) is 25.1. The fourth-order valence-corrected chi connectivity index (χ4v) is 10.6. The molecule has 1 saturated heterocycles. The molecule has 0 bridgehead atoms. The summed E-state index contributed by atoms with van der Waals surface area (Å²) in [5.41, 5.74) is 1.47. The zero-order valence-electron chi connectivity index (χ0n) is 25.1. The normalized spacial score (nSPS) is 49.0. The molecule has 6 heteroatoms. The van der Waals surface area contributed by atoms with E-state index >= 15 is 0 Å². The molecule has 1 aliphatic heterocycles. The third kappa shape index (κ3) is 5.02. The molecular weight excluding hydrogens is 492 g/mol. The molecule has 6 nitrogen and oxygen atoms in total. The summed E-state index contributed by atoms with van der Waals surface area (Å²) in [6, 6.07) is 0. The van der Waals surface area contributed by atoms with Crippen molar-refractivity contribution < 1.29 is 30.3 Å². The van der Waals surface area contributed by atoms with Gasteiger partial charge < -0.3 is 30.3 Å². The quantitative estimate of drug-likeness (QED) is 0.293. The summed E-state index contributed by atoms with van der Waals surface area (Å²) in [7, 11) is 0. The van der Waals surface area contributed by atoms with Crippen LogP contribution in [0.4, 0.5) is 0 Å². The predicted molar refractivity (Wildman–Crippen MR) is 152 cm³/mol. The highest BCUT2D eigenvalue weighted by atomic mass is 16.5. The largest absolute Gasteiger partial charge is 0.512 e. The monoisotopic (exact) mass is 548 g/mol. The van der Waals surface area contributed by atoms with E-state index in [4.69, 9.17) is 4.74 Å². The molecule has 0 aromatic heterocycles. The van der Waals surface area contributed by atoms with Gasteiger partial charge in [0.05, 0.1) is 18.5 Å². The van der Waals surface area contributed by atoms with Gasteiger partial charge in [-0.05, 0) is 103 Å². The lowest BCUT2D eigenvalue weighted by molar-refractivity contribution is -0.243. The van der Waals surface area contributed by atoms with Crippen LogP contribution >= 0.6 is 0 Å². The van der Waals surface area contributed by atoms with Crippen molar-refractivity contribution in [2.45, 2.75) is 136 Å². The lowest BCUT2D eigenvalue weighted by Crippen LogP contribution is -2.61. The molecule has 5 N–H and O–H groups in total. The lowest BCUT2D eigenvalue weighted by atomic mass is 9.46. The van der Waals surface area contributed by atoms with Crippen LogP contribution in [0.2, 0.25) is 0 Å². The Hall–Kier alpha value is -0.660. The van der Waals surface area contributed by atoms with Crippen molar-refractivity contribution in [1.29, 1.82) is 0 Å². The Morgan fingerprint density at radius 2 is 1.62 bits per heavy atom. The van der Waals surface area contributed by atoms with Crippen LogP contribution in [0.5, 0.6) is 0 Å². The molecule has 0 radical (unpaired) electrons. The van der Waals surface area contributed by atoms with Crippen LogP contribution in [0.3, 0.4) is 0 Å². The summed E-state index contributed by atoms with van der Waals surface area (Å²) in [5, 5.41) is 52.6. The van der Waals surface area contributed by atoms with Crippen molar-refractivity contribution in [2.75, 3.05) is 6.61 Å². The SMILES string of the molecule is CC(C)CCC[C@@H](C)[C@H]1CC[C@H]2[C@@H]3CC(O)=C4CC(C5O[C@H](CO)[C@@H](O)[C@H](O)[C@H]5O)CC[C@]4(C)[C@H]3CC[C@]12C. The first kappa shape index (κ1) is 29.8. The van der Waals surface area contributed by atoms with Crippen molar-refractivity contribution in [1.82, 2.24) is 0 Å². The van der Waals surface area contributed by atoms with E-state index in [1.807, 2.05) is 0 Å². The van der Waals surface area contributed by atoms with Crippen molar-refractivity contribution in [2.24, 2.45) is 52.3 Å². The number of hydrogen-bond donors (Lipinski definition) is 5. The Bertz CT molecular complexity index is 901. The maximum Gasteiger partial charge on any atom is 0.111 e. The van der Waals surface area contributed by atoms with Gasteiger partial charge in [-0.2, -0.15) is 0 Å². The predicted octanol–water partition coefficient (Wildman–Crippen LogP) is 5.37. The maximum atomic E-state index is 11.6. The van der Waals surface area contributed by atoms with Crippen molar-refractivity contribution in [3.8, 4) is 0 Å². The second-order valence-electron chi connectivity index (χ2n) is 15.3. The number of ether oxygens (including phenoxy) is 1. The number of rotatable bonds is 7. The lowest BCUT2D eigenvalue weighted by Gasteiger charge is -2.59. The Morgan fingerprint density at radius 3 is 2.31 bits per heavy atom. The summed E-state index contributed by atoms with van der Waals surface area (Å²) >= 11 is 0. The van der Waals surface area contributed by atoms with Gasteiger partial charge >= 0.3 is 0 Å². The Labute approximate surface area is 236 Å². The first-order valence-electron chi connectivity index (χ1n) is 16.1. The van der Waals surface area contributed by atoms with Crippen LogP contribution in [0, 0.1) is 52.3 Å². The highest BCUT2D eigenvalue weighted by Crippen LogP contribution is 2.68. The molecule has 4 fully saturated rings. The molecule has 5 rings (SSSR count). The van der Waals surface area contributed by atoms with Gasteiger partial charge in [-0.15, -0.1) is 0 Å². The topological polar surface area (TPSA) is 110 Å². The molecule has 3 saturated carbocycles. The van der Waals surface area contributed by atoms with Crippen LogP contribution in [0.1, 0.15) is 105 Å². The summed E-state index contributed by atoms with van der Waals surface area (Å²) in [5.74, 6) is 4.63. The first-order chi connectivity index (χ1) is 18.4. The van der Waals surface area contributed by atoms with E-state index in [1.165, 1.54) is 44.9 Å². The number of hydrogen-bond acceptors (Lipinski definition) is 6. The molecule has 224 valence electrons. The van der Waals surface area contributed by atoms with Crippen LogP contribution < -0.4 is 0 Å². The van der Waals surface area contributed by atoms with Gasteiger partial charge in [-0.1, -0.05) is 53.9 Å². The van der Waals surface area contributed by atoms with E-state index in [0.29, 0.717) is 35.3 Å². The average Bonchev–Trinajstić information content (AvgIpc) is 3.25. The van der Waals surface area contributed by atoms with Gasteiger partial charge in [-0.3, -0.25) is 0 Å². The fourth-order valence-electron chi connectivity index (χ4n) is 10.6. The smallest absolute Gasteiger partial charge is 0.111 e. The fraction of sp³-hybridized carbons (Fsp3) is 0.939. The molecule has 0 aromatic carbocycles. The molecular formula is C33H56O6. The number of fused-ring (bicyclic) bond motifs is 5. The number of aliphatic hydroxyl groups is 5. The van der Waals surface area contributed by atoms with E-state index in [-0.39, 0.29) is 11.3 Å². The zero-order chi connectivity index (χ0) is 28.3. The summed E-state index contributed by atoms with van der Waals surface area (Å²) in [6.07, 6.45) is 6.93. The summed E-state index contributed by atoms with van der Waals surface area (Å²) in [6.45, 7) is 11.7. The van der Waals surface area contributed by atoms with Crippen molar-refractivity contribution >= 4 is 0 Å². The second-order valence-corrected chi connectivity index (χ2v) is 15.3. The van der Waals surface area contributed by atoms with Crippen molar-refractivity contribution in [3.63, 3.8) is 0 Å². The van der Waals surface area contributed by atoms with Gasteiger partial charge in [-0.25, -0.2) is 0 Å². The average molecular weight is 549 g/mol. The van der Waals surface area contributed by atoms with Crippen molar-refractivity contribution in [3.05, 3.63) is 11.3 Å². The minimum atomic E-state index is -1.34. The van der Waals surface area contributed by atoms with E-state index in [0.717, 1.165) is 42.6 Å². The third-order valence-electron chi connectivity index (χ3n) is 12.8. The number of allylic oxidation sites excluding steroid dienone is 2. The van der Waals surface area contributed by atoms with Crippen LogP contribution in [0.25, 0.3) is 0 Å². The highest BCUT2D eigenvalue weighted by Gasteiger charge is 2.61. The van der Waals surface area contributed by atoms with Gasteiger partial charge in [0.25, 0.3) is 0 Å². The molecule has 0 amide bonds. The molecule has 39 heavy (non-hydrogen) atoms.